The Hall–Kier alpha value is -2.75. The van der Waals surface area contributed by atoms with Gasteiger partial charge < -0.3 is 24.4 Å². The molecule has 10 heteroatoms. The van der Waals surface area contributed by atoms with Gasteiger partial charge in [-0.05, 0) is 6.92 Å². The van der Waals surface area contributed by atoms with Crippen molar-refractivity contribution in [3.05, 3.63) is 23.3 Å². The second-order valence-corrected chi connectivity index (χ2v) is 5.85. The van der Waals surface area contributed by atoms with Gasteiger partial charge in [0.05, 0.1) is 19.8 Å². The van der Waals surface area contributed by atoms with Gasteiger partial charge in [0.15, 0.2) is 11.5 Å². The molecular weight excluding hydrogens is 326 g/mol. The van der Waals surface area contributed by atoms with E-state index in [0.29, 0.717) is 36.7 Å². The minimum Gasteiger partial charge on any atom is -0.378 e. The second kappa shape index (κ2) is 7.43. The average Bonchev–Trinajstić information content (AvgIpc) is 3.06. The molecule has 0 saturated carbocycles. The molecule has 1 fully saturated rings. The summed E-state index contributed by atoms with van der Waals surface area (Å²) in [6.07, 6.45) is 0. The molecule has 3 heterocycles. The van der Waals surface area contributed by atoms with Crippen LogP contribution in [0.5, 0.6) is 0 Å². The van der Waals surface area contributed by atoms with Crippen LogP contribution in [0.25, 0.3) is 0 Å². The molecule has 1 amide bonds. The van der Waals surface area contributed by atoms with Gasteiger partial charge in [0, 0.05) is 33.3 Å². The highest BCUT2D eigenvalue weighted by Gasteiger charge is 2.18. The lowest BCUT2D eigenvalue weighted by Gasteiger charge is -2.27. The van der Waals surface area contributed by atoms with Gasteiger partial charge >= 0.3 is 0 Å². The molecule has 1 N–H and O–H groups in total. The zero-order valence-electron chi connectivity index (χ0n) is 14.5. The monoisotopic (exact) mass is 347 g/mol. The van der Waals surface area contributed by atoms with Crippen molar-refractivity contribution in [2.45, 2.75) is 13.5 Å². The summed E-state index contributed by atoms with van der Waals surface area (Å²) in [6, 6.07) is 1.58. The molecule has 10 nitrogen and oxygen atoms in total. The van der Waals surface area contributed by atoms with E-state index in [-0.39, 0.29) is 18.1 Å². The van der Waals surface area contributed by atoms with Crippen LogP contribution in [-0.4, -0.2) is 66.4 Å². The highest BCUT2D eigenvalue weighted by atomic mass is 16.5. The number of carbonyl (C=O) groups is 1. The highest BCUT2D eigenvalue weighted by molar-refractivity contribution is 5.92. The van der Waals surface area contributed by atoms with E-state index >= 15 is 0 Å². The first kappa shape index (κ1) is 17.1. The van der Waals surface area contributed by atoms with Crippen LogP contribution in [-0.2, 0) is 11.3 Å². The third kappa shape index (κ3) is 4.21. The first-order valence-electron chi connectivity index (χ1n) is 7.99. The highest BCUT2D eigenvalue weighted by Crippen LogP contribution is 2.14. The SMILES string of the molecule is Cc1cc(C(=O)NCc2nc(N(C)C)nc(N3CCOCC3)n2)no1. The topological polar surface area (TPSA) is 110 Å². The summed E-state index contributed by atoms with van der Waals surface area (Å²) >= 11 is 0. The Morgan fingerprint density at radius 3 is 2.68 bits per heavy atom. The van der Waals surface area contributed by atoms with Crippen molar-refractivity contribution in [3.8, 4) is 0 Å². The van der Waals surface area contributed by atoms with Gasteiger partial charge in [-0.25, -0.2) is 0 Å². The third-order valence-corrected chi connectivity index (χ3v) is 3.62. The number of nitrogens with one attached hydrogen (secondary N) is 1. The van der Waals surface area contributed by atoms with Crippen molar-refractivity contribution in [3.63, 3.8) is 0 Å². The summed E-state index contributed by atoms with van der Waals surface area (Å²) in [4.78, 5) is 29.3. The number of aryl methyl sites for hydroxylation is 1. The smallest absolute Gasteiger partial charge is 0.273 e. The molecule has 1 aliphatic heterocycles. The van der Waals surface area contributed by atoms with Crippen LogP contribution >= 0.6 is 0 Å². The number of anilines is 2. The van der Waals surface area contributed by atoms with Crippen molar-refractivity contribution in [2.24, 2.45) is 0 Å². The van der Waals surface area contributed by atoms with Crippen molar-refractivity contribution >= 4 is 17.8 Å². The Balaban J connectivity index is 1.75. The molecule has 0 radical (unpaired) electrons. The molecule has 0 aliphatic carbocycles. The molecule has 2 aromatic rings. The lowest BCUT2D eigenvalue weighted by molar-refractivity contribution is 0.0940. The third-order valence-electron chi connectivity index (χ3n) is 3.62. The average molecular weight is 347 g/mol. The first-order chi connectivity index (χ1) is 12.0. The van der Waals surface area contributed by atoms with E-state index in [1.54, 1.807) is 17.9 Å². The summed E-state index contributed by atoms with van der Waals surface area (Å²) < 4.78 is 10.3. The number of amides is 1. The first-order valence-corrected chi connectivity index (χ1v) is 7.99. The molecule has 0 aromatic carbocycles. The predicted octanol–water partition coefficient (Wildman–Crippen LogP) is 0.000620. The largest absolute Gasteiger partial charge is 0.378 e. The van der Waals surface area contributed by atoms with Crippen LogP contribution in [0.3, 0.4) is 0 Å². The fourth-order valence-corrected chi connectivity index (χ4v) is 2.30. The lowest BCUT2D eigenvalue weighted by atomic mass is 10.3. The van der Waals surface area contributed by atoms with E-state index in [1.807, 2.05) is 19.0 Å². The van der Waals surface area contributed by atoms with Crippen molar-refractivity contribution < 1.29 is 14.1 Å². The predicted molar refractivity (Wildman–Crippen MR) is 89.6 cm³/mol. The summed E-state index contributed by atoms with van der Waals surface area (Å²) in [5, 5.41) is 6.44. The fourth-order valence-electron chi connectivity index (χ4n) is 2.30. The minimum atomic E-state index is -0.336. The molecule has 0 bridgehead atoms. The lowest BCUT2D eigenvalue weighted by Crippen LogP contribution is -2.38. The maximum Gasteiger partial charge on any atom is 0.273 e. The van der Waals surface area contributed by atoms with E-state index in [1.165, 1.54) is 0 Å². The molecule has 1 aliphatic rings. The fraction of sp³-hybridized carbons (Fsp3) is 0.533. The van der Waals surface area contributed by atoms with Gasteiger partial charge in [-0.2, -0.15) is 15.0 Å². The van der Waals surface area contributed by atoms with Gasteiger partial charge in [0.1, 0.15) is 5.76 Å². The van der Waals surface area contributed by atoms with Gasteiger partial charge in [-0.3, -0.25) is 4.79 Å². The summed E-state index contributed by atoms with van der Waals surface area (Å²) in [5.41, 5.74) is 0.229. The summed E-state index contributed by atoms with van der Waals surface area (Å²) in [6.45, 7) is 4.63. The van der Waals surface area contributed by atoms with E-state index in [9.17, 15) is 4.79 Å². The number of hydrogen-bond donors (Lipinski definition) is 1. The van der Waals surface area contributed by atoms with Gasteiger partial charge in [-0.1, -0.05) is 5.16 Å². The van der Waals surface area contributed by atoms with Crippen LogP contribution in [0.15, 0.2) is 10.6 Å². The molecule has 2 aromatic heterocycles. The van der Waals surface area contributed by atoms with Crippen LogP contribution in [0.2, 0.25) is 0 Å². The molecule has 134 valence electrons. The van der Waals surface area contributed by atoms with Crippen LogP contribution in [0.4, 0.5) is 11.9 Å². The Morgan fingerprint density at radius 2 is 2.04 bits per heavy atom. The number of carbonyl (C=O) groups excluding carboxylic acids is 1. The number of ether oxygens (including phenoxy) is 1. The van der Waals surface area contributed by atoms with Gasteiger partial charge in [0.2, 0.25) is 11.9 Å². The Morgan fingerprint density at radius 1 is 1.28 bits per heavy atom. The van der Waals surface area contributed by atoms with Crippen molar-refractivity contribution in [2.75, 3.05) is 50.2 Å². The van der Waals surface area contributed by atoms with E-state index in [2.05, 4.69) is 25.4 Å². The standard InChI is InChI=1S/C15H21N7O3/c1-10-8-11(20-25-10)13(23)16-9-12-17-14(21(2)3)19-15(18-12)22-4-6-24-7-5-22/h8H,4-7,9H2,1-3H3,(H,16,23). The number of nitrogens with zero attached hydrogens (tertiary/aromatic N) is 6. The Labute approximate surface area is 145 Å². The quantitative estimate of drug-likeness (QED) is 0.799. The number of morpholine rings is 1. The van der Waals surface area contributed by atoms with E-state index in [0.717, 1.165) is 13.1 Å². The Bertz CT molecular complexity index is 740. The van der Waals surface area contributed by atoms with Crippen LogP contribution in [0, 0.1) is 6.92 Å². The summed E-state index contributed by atoms with van der Waals surface area (Å²) in [5.74, 6) is 1.85. The zero-order valence-corrected chi connectivity index (χ0v) is 14.5. The van der Waals surface area contributed by atoms with Gasteiger partial charge in [-0.15, -0.1) is 0 Å². The summed E-state index contributed by atoms with van der Waals surface area (Å²) in [7, 11) is 3.72. The molecule has 1 saturated heterocycles. The minimum absolute atomic E-state index is 0.172. The molecule has 3 rings (SSSR count). The van der Waals surface area contributed by atoms with Crippen LogP contribution < -0.4 is 15.1 Å². The van der Waals surface area contributed by atoms with Crippen LogP contribution in [0.1, 0.15) is 22.1 Å². The molecule has 0 spiro atoms. The van der Waals surface area contributed by atoms with E-state index < -0.39 is 0 Å². The van der Waals surface area contributed by atoms with E-state index in [4.69, 9.17) is 9.26 Å². The normalized spacial score (nSPS) is 14.4. The van der Waals surface area contributed by atoms with Gasteiger partial charge in [0.25, 0.3) is 5.91 Å². The molecular formula is C15H21N7O3. The Kier molecular flexibility index (Phi) is 5.08. The number of rotatable bonds is 5. The zero-order chi connectivity index (χ0) is 17.8. The van der Waals surface area contributed by atoms with Crippen molar-refractivity contribution in [1.82, 2.24) is 25.4 Å². The number of hydrogen-bond acceptors (Lipinski definition) is 9. The maximum atomic E-state index is 12.1. The maximum absolute atomic E-state index is 12.1. The second-order valence-electron chi connectivity index (χ2n) is 5.85. The van der Waals surface area contributed by atoms with Crippen molar-refractivity contribution in [1.29, 1.82) is 0 Å². The molecule has 0 unspecified atom stereocenters. The molecule has 0 atom stereocenters. The molecule has 25 heavy (non-hydrogen) atoms. The number of aromatic nitrogens is 4.